The lowest BCUT2D eigenvalue weighted by molar-refractivity contribution is -0.141. The maximum atomic E-state index is 12.0. The van der Waals surface area contributed by atoms with Gasteiger partial charge in [0.05, 0.1) is 6.04 Å². The summed E-state index contributed by atoms with van der Waals surface area (Å²) in [4.78, 5) is 23.3. The summed E-state index contributed by atoms with van der Waals surface area (Å²) in [5, 5.41) is 14.5. The molecule has 1 aromatic carbocycles. The van der Waals surface area contributed by atoms with E-state index >= 15 is 0 Å². The van der Waals surface area contributed by atoms with Crippen molar-refractivity contribution in [2.45, 2.75) is 46.7 Å². The molecule has 0 aromatic heterocycles. The van der Waals surface area contributed by atoms with Crippen LogP contribution in [0, 0.1) is 12.3 Å². The van der Waals surface area contributed by atoms with Gasteiger partial charge in [0.1, 0.15) is 6.04 Å². The molecule has 1 aromatic rings. The zero-order chi connectivity index (χ0) is 16.2. The summed E-state index contributed by atoms with van der Waals surface area (Å²) in [5.41, 5.74) is 1.53. The number of hydrogen-bond acceptors (Lipinski definition) is 2. The van der Waals surface area contributed by atoms with E-state index in [0.29, 0.717) is 0 Å². The molecule has 5 heteroatoms. The number of urea groups is 1. The van der Waals surface area contributed by atoms with Crippen LogP contribution in [0.5, 0.6) is 0 Å². The maximum absolute atomic E-state index is 12.0. The van der Waals surface area contributed by atoms with E-state index in [0.717, 1.165) is 11.1 Å². The highest BCUT2D eigenvalue weighted by Gasteiger charge is 2.32. The van der Waals surface area contributed by atoms with E-state index in [1.165, 1.54) is 0 Å². The van der Waals surface area contributed by atoms with Crippen LogP contribution in [0.4, 0.5) is 4.79 Å². The number of aliphatic carboxylic acids is 1. The van der Waals surface area contributed by atoms with E-state index in [2.05, 4.69) is 10.6 Å². The van der Waals surface area contributed by atoms with Gasteiger partial charge < -0.3 is 15.7 Å². The number of nitrogens with one attached hydrogen (secondary N) is 2. The summed E-state index contributed by atoms with van der Waals surface area (Å²) in [7, 11) is 0. The predicted molar refractivity (Wildman–Crippen MR) is 82.1 cm³/mol. The highest BCUT2D eigenvalue weighted by molar-refractivity contribution is 5.83. The van der Waals surface area contributed by atoms with Gasteiger partial charge in [0, 0.05) is 0 Å². The molecule has 0 saturated carbocycles. The molecule has 5 nitrogen and oxygen atoms in total. The average molecular weight is 292 g/mol. The highest BCUT2D eigenvalue weighted by Crippen LogP contribution is 2.20. The van der Waals surface area contributed by atoms with Crippen molar-refractivity contribution in [1.29, 1.82) is 0 Å². The maximum Gasteiger partial charge on any atom is 0.326 e. The van der Waals surface area contributed by atoms with Gasteiger partial charge in [0.25, 0.3) is 0 Å². The molecule has 0 fully saturated rings. The Morgan fingerprint density at radius 2 is 1.71 bits per heavy atom. The normalized spacial score (nSPS) is 14.1. The van der Waals surface area contributed by atoms with Gasteiger partial charge in [-0.1, -0.05) is 45.0 Å². The molecule has 1 unspecified atom stereocenters. The van der Waals surface area contributed by atoms with Crippen LogP contribution in [0.3, 0.4) is 0 Å². The number of benzene rings is 1. The van der Waals surface area contributed by atoms with Crippen molar-refractivity contribution in [2.24, 2.45) is 5.41 Å². The summed E-state index contributed by atoms with van der Waals surface area (Å²) in [6.07, 6.45) is 0. The fourth-order valence-electron chi connectivity index (χ4n) is 2.17. The van der Waals surface area contributed by atoms with Crippen LogP contribution in [0.1, 0.15) is 44.9 Å². The number of hydrogen-bond donors (Lipinski definition) is 3. The molecular weight excluding hydrogens is 268 g/mol. The second kappa shape index (κ2) is 6.61. The van der Waals surface area contributed by atoms with Crippen LogP contribution < -0.4 is 10.6 Å². The summed E-state index contributed by atoms with van der Waals surface area (Å²) in [6, 6.07) is 6.15. The van der Waals surface area contributed by atoms with Crippen molar-refractivity contribution in [3.05, 3.63) is 35.4 Å². The van der Waals surface area contributed by atoms with Gasteiger partial charge in [-0.05, 0) is 30.4 Å². The lowest BCUT2D eigenvalue weighted by atomic mass is 9.87. The Bertz CT molecular complexity index is 520. The van der Waals surface area contributed by atoms with E-state index in [9.17, 15) is 14.7 Å². The topological polar surface area (TPSA) is 78.4 Å². The largest absolute Gasteiger partial charge is 0.480 e. The van der Waals surface area contributed by atoms with E-state index in [1.807, 2.05) is 38.1 Å². The molecule has 1 rings (SSSR count). The van der Waals surface area contributed by atoms with Gasteiger partial charge >= 0.3 is 12.0 Å². The first-order valence-corrected chi connectivity index (χ1v) is 6.98. The van der Waals surface area contributed by atoms with Gasteiger partial charge in [-0.2, -0.15) is 0 Å². The number of aryl methyl sites for hydroxylation is 1. The fraction of sp³-hybridized carbons (Fsp3) is 0.500. The first-order chi connectivity index (χ1) is 9.62. The number of rotatable bonds is 4. The minimum Gasteiger partial charge on any atom is -0.480 e. The molecule has 0 aliphatic carbocycles. The van der Waals surface area contributed by atoms with Gasteiger partial charge in [-0.25, -0.2) is 9.59 Å². The molecule has 0 spiro atoms. The summed E-state index contributed by atoms with van der Waals surface area (Å²) >= 11 is 0. The lowest BCUT2D eigenvalue weighted by Crippen LogP contribution is -2.52. The number of carbonyl (C=O) groups is 2. The molecule has 0 radical (unpaired) electrons. The van der Waals surface area contributed by atoms with Crippen LogP contribution >= 0.6 is 0 Å². The standard InChI is InChI=1S/C16H24N2O3/c1-10-8-6-7-9-12(10)11(2)17-15(21)18-13(14(19)20)16(3,4)5/h6-9,11,13H,1-5H3,(H,19,20)(H2,17,18,21)/t11?,13-/m1/s1. The van der Waals surface area contributed by atoms with Gasteiger partial charge in [0.2, 0.25) is 0 Å². The van der Waals surface area contributed by atoms with E-state index in [-0.39, 0.29) is 6.04 Å². The Morgan fingerprint density at radius 1 is 1.14 bits per heavy atom. The van der Waals surface area contributed by atoms with Crippen LogP contribution in [0.15, 0.2) is 24.3 Å². The van der Waals surface area contributed by atoms with Crippen molar-refractivity contribution in [1.82, 2.24) is 10.6 Å². The van der Waals surface area contributed by atoms with E-state index in [1.54, 1.807) is 20.8 Å². The molecule has 21 heavy (non-hydrogen) atoms. The van der Waals surface area contributed by atoms with Crippen molar-refractivity contribution >= 4 is 12.0 Å². The Kier molecular flexibility index (Phi) is 5.35. The minimum atomic E-state index is -1.04. The van der Waals surface area contributed by atoms with Crippen molar-refractivity contribution in [2.75, 3.05) is 0 Å². The third kappa shape index (κ3) is 4.77. The number of carboxylic acids is 1. The molecule has 0 aliphatic rings. The van der Waals surface area contributed by atoms with E-state index < -0.39 is 23.5 Å². The third-order valence-electron chi connectivity index (χ3n) is 3.39. The Morgan fingerprint density at radius 3 is 2.19 bits per heavy atom. The van der Waals surface area contributed by atoms with E-state index in [4.69, 9.17) is 0 Å². The average Bonchev–Trinajstić information content (AvgIpc) is 2.34. The molecule has 0 bridgehead atoms. The van der Waals surface area contributed by atoms with Crippen LogP contribution in [-0.4, -0.2) is 23.1 Å². The van der Waals surface area contributed by atoms with Crippen LogP contribution in [0.2, 0.25) is 0 Å². The molecule has 0 aliphatic heterocycles. The summed E-state index contributed by atoms with van der Waals surface area (Å²) < 4.78 is 0. The first kappa shape index (κ1) is 17.0. The molecule has 2 atom stereocenters. The highest BCUT2D eigenvalue weighted by atomic mass is 16.4. The molecular formula is C16H24N2O3. The SMILES string of the molecule is Cc1ccccc1C(C)NC(=O)N[C@H](C(=O)O)C(C)(C)C. The van der Waals surface area contributed by atoms with Crippen LogP contribution in [-0.2, 0) is 4.79 Å². The Labute approximate surface area is 125 Å². The molecule has 0 saturated heterocycles. The first-order valence-electron chi connectivity index (χ1n) is 6.98. The van der Waals surface area contributed by atoms with Crippen molar-refractivity contribution in [3.8, 4) is 0 Å². The Hall–Kier alpha value is -2.04. The third-order valence-corrected chi connectivity index (χ3v) is 3.39. The smallest absolute Gasteiger partial charge is 0.326 e. The number of carboxylic acid groups (broad SMARTS) is 1. The number of carbonyl (C=O) groups excluding carboxylic acids is 1. The fourth-order valence-corrected chi connectivity index (χ4v) is 2.17. The monoisotopic (exact) mass is 292 g/mol. The number of amides is 2. The molecule has 2 amide bonds. The zero-order valence-corrected chi connectivity index (χ0v) is 13.2. The van der Waals surface area contributed by atoms with Crippen molar-refractivity contribution < 1.29 is 14.7 Å². The molecule has 116 valence electrons. The molecule has 3 N–H and O–H groups in total. The van der Waals surface area contributed by atoms with Gasteiger partial charge in [0.15, 0.2) is 0 Å². The second-order valence-corrected chi connectivity index (χ2v) is 6.33. The zero-order valence-electron chi connectivity index (χ0n) is 13.2. The minimum absolute atomic E-state index is 0.194. The van der Waals surface area contributed by atoms with Gasteiger partial charge in [-0.15, -0.1) is 0 Å². The quantitative estimate of drug-likeness (QED) is 0.798. The lowest BCUT2D eigenvalue weighted by Gasteiger charge is -2.28. The van der Waals surface area contributed by atoms with Crippen molar-refractivity contribution in [3.63, 3.8) is 0 Å². The second-order valence-electron chi connectivity index (χ2n) is 6.33. The van der Waals surface area contributed by atoms with Crippen LogP contribution in [0.25, 0.3) is 0 Å². The summed E-state index contributed by atoms with van der Waals surface area (Å²) in [5.74, 6) is -1.04. The summed E-state index contributed by atoms with van der Waals surface area (Å²) in [6.45, 7) is 9.17. The Balaban J connectivity index is 2.73. The van der Waals surface area contributed by atoms with Gasteiger partial charge in [-0.3, -0.25) is 0 Å². The molecule has 0 heterocycles. The predicted octanol–water partition coefficient (Wildman–Crippen LogP) is 2.85.